The maximum atomic E-state index is 12.5. The second kappa shape index (κ2) is 7.81. The molecule has 0 aliphatic heterocycles. The molecule has 0 saturated carbocycles. The van der Waals surface area contributed by atoms with Gasteiger partial charge in [0.15, 0.2) is 0 Å². The molecule has 0 N–H and O–H groups in total. The maximum absolute atomic E-state index is 12.5. The highest BCUT2D eigenvalue weighted by Crippen LogP contribution is 2.24. The molecule has 0 radical (unpaired) electrons. The smallest absolute Gasteiger partial charge is 0.244 e. The molecular weight excluding hydrogens is 382 g/mol. The topological polar surface area (TPSA) is 55.8 Å². The van der Waals surface area contributed by atoms with E-state index in [1.165, 1.54) is 11.4 Å². The molecule has 0 unspecified atom stereocenters. The molecule has 0 aromatic heterocycles. The van der Waals surface area contributed by atoms with Gasteiger partial charge in [0, 0.05) is 18.1 Å². The van der Waals surface area contributed by atoms with Gasteiger partial charge in [0.05, 0.1) is 12.0 Å². The zero-order valence-electron chi connectivity index (χ0n) is 12.9. The predicted molar refractivity (Wildman–Crippen MR) is 92.4 cm³/mol. The lowest BCUT2D eigenvalue weighted by molar-refractivity contribution is 0.286. The number of rotatable bonds is 7. The maximum Gasteiger partial charge on any atom is 0.244 e. The SMILES string of the molecule is COc1ccc(OCCN(C)S(=O)(=O)c2ccccc2Br)cc1. The summed E-state index contributed by atoms with van der Waals surface area (Å²) in [6.45, 7) is 0.502. The van der Waals surface area contributed by atoms with Crippen molar-refractivity contribution < 1.29 is 17.9 Å². The van der Waals surface area contributed by atoms with Crippen LogP contribution in [0.15, 0.2) is 57.9 Å². The van der Waals surface area contributed by atoms with Gasteiger partial charge in [-0.2, -0.15) is 4.31 Å². The summed E-state index contributed by atoms with van der Waals surface area (Å²) in [6.07, 6.45) is 0. The highest BCUT2D eigenvalue weighted by molar-refractivity contribution is 9.10. The van der Waals surface area contributed by atoms with E-state index < -0.39 is 10.0 Å². The standard InChI is InChI=1S/C16H18BrNO4S/c1-18(23(19,20)16-6-4-3-5-15(16)17)11-12-22-14-9-7-13(21-2)8-10-14/h3-10H,11-12H2,1-2H3. The van der Waals surface area contributed by atoms with Gasteiger partial charge in [-0.1, -0.05) is 12.1 Å². The molecule has 0 aliphatic carbocycles. The van der Waals surface area contributed by atoms with E-state index >= 15 is 0 Å². The quantitative estimate of drug-likeness (QED) is 0.717. The molecule has 0 aliphatic rings. The minimum atomic E-state index is -3.55. The van der Waals surface area contributed by atoms with Crippen molar-refractivity contribution in [3.8, 4) is 11.5 Å². The number of likely N-dealkylation sites (N-methyl/N-ethyl adjacent to an activating group) is 1. The highest BCUT2D eigenvalue weighted by atomic mass is 79.9. The van der Waals surface area contributed by atoms with Crippen LogP contribution in [0.5, 0.6) is 11.5 Å². The Balaban J connectivity index is 1.96. The minimum Gasteiger partial charge on any atom is -0.497 e. The van der Waals surface area contributed by atoms with E-state index in [2.05, 4.69) is 15.9 Å². The van der Waals surface area contributed by atoms with Crippen LogP contribution in [-0.4, -0.2) is 40.0 Å². The Kier molecular flexibility index (Phi) is 6.04. The molecule has 2 aromatic carbocycles. The van der Waals surface area contributed by atoms with E-state index in [-0.39, 0.29) is 18.0 Å². The Hall–Kier alpha value is -1.57. The van der Waals surface area contributed by atoms with Gasteiger partial charge in [-0.15, -0.1) is 0 Å². The van der Waals surface area contributed by atoms with E-state index in [1.807, 2.05) is 0 Å². The van der Waals surface area contributed by atoms with Crippen molar-refractivity contribution in [2.24, 2.45) is 0 Å². The second-order valence-electron chi connectivity index (χ2n) is 4.78. The zero-order chi connectivity index (χ0) is 16.9. The van der Waals surface area contributed by atoms with Crippen molar-refractivity contribution in [3.05, 3.63) is 53.0 Å². The van der Waals surface area contributed by atoms with Gasteiger partial charge in [-0.05, 0) is 52.3 Å². The van der Waals surface area contributed by atoms with Gasteiger partial charge in [-0.25, -0.2) is 8.42 Å². The number of benzene rings is 2. The van der Waals surface area contributed by atoms with Crippen molar-refractivity contribution >= 4 is 26.0 Å². The summed E-state index contributed by atoms with van der Waals surface area (Å²) in [5.74, 6) is 1.41. The summed E-state index contributed by atoms with van der Waals surface area (Å²) in [5, 5.41) is 0. The number of halogens is 1. The Morgan fingerprint density at radius 3 is 2.26 bits per heavy atom. The van der Waals surface area contributed by atoms with Crippen molar-refractivity contribution in [2.75, 3.05) is 27.3 Å². The van der Waals surface area contributed by atoms with E-state index in [0.29, 0.717) is 10.2 Å². The van der Waals surface area contributed by atoms with Crippen LogP contribution in [0.25, 0.3) is 0 Å². The number of hydrogen-bond donors (Lipinski definition) is 0. The third-order valence-corrected chi connectivity index (χ3v) is 6.13. The summed E-state index contributed by atoms with van der Waals surface area (Å²) < 4.78 is 37.5. The van der Waals surface area contributed by atoms with Crippen molar-refractivity contribution in [1.82, 2.24) is 4.31 Å². The van der Waals surface area contributed by atoms with Gasteiger partial charge in [0.25, 0.3) is 0 Å². The van der Waals surface area contributed by atoms with Gasteiger partial charge < -0.3 is 9.47 Å². The monoisotopic (exact) mass is 399 g/mol. The molecule has 2 aromatic rings. The lowest BCUT2D eigenvalue weighted by atomic mass is 10.3. The van der Waals surface area contributed by atoms with Gasteiger partial charge >= 0.3 is 0 Å². The number of sulfonamides is 1. The largest absolute Gasteiger partial charge is 0.497 e. The first-order valence-electron chi connectivity index (χ1n) is 6.93. The van der Waals surface area contributed by atoms with Gasteiger partial charge in [-0.3, -0.25) is 0 Å². The third-order valence-electron chi connectivity index (χ3n) is 3.26. The van der Waals surface area contributed by atoms with E-state index in [1.54, 1.807) is 55.6 Å². The van der Waals surface area contributed by atoms with Crippen LogP contribution in [0.1, 0.15) is 0 Å². The first kappa shape index (κ1) is 17.8. The molecule has 7 heteroatoms. The van der Waals surface area contributed by atoms with Crippen LogP contribution in [0.4, 0.5) is 0 Å². The normalized spacial score (nSPS) is 11.5. The number of ether oxygens (including phenoxy) is 2. The zero-order valence-corrected chi connectivity index (χ0v) is 15.3. The molecule has 124 valence electrons. The molecule has 23 heavy (non-hydrogen) atoms. The van der Waals surface area contributed by atoms with Crippen LogP contribution >= 0.6 is 15.9 Å². The molecule has 0 bridgehead atoms. The Morgan fingerprint density at radius 1 is 1.04 bits per heavy atom. The van der Waals surface area contributed by atoms with E-state index in [0.717, 1.165) is 5.75 Å². The van der Waals surface area contributed by atoms with Crippen LogP contribution in [0, 0.1) is 0 Å². The second-order valence-corrected chi connectivity index (χ2v) is 7.65. The summed E-state index contributed by atoms with van der Waals surface area (Å²) in [5.41, 5.74) is 0. The minimum absolute atomic E-state index is 0.243. The fraction of sp³-hybridized carbons (Fsp3) is 0.250. The molecular formula is C16H18BrNO4S. The first-order valence-corrected chi connectivity index (χ1v) is 9.16. The molecule has 2 rings (SSSR count). The summed E-state index contributed by atoms with van der Waals surface area (Å²) in [6, 6.07) is 13.9. The Morgan fingerprint density at radius 2 is 1.65 bits per heavy atom. The molecule has 0 fully saturated rings. The molecule has 0 spiro atoms. The Labute approximate surface area is 145 Å². The Bertz CT molecular complexity index is 747. The van der Waals surface area contributed by atoms with Crippen molar-refractivity contribution in [1.29, 1.82) is 0 Å². The predicted octanol–water partition coefficient (Wildman–Crippen LogP) is 3.16. The molecule has 5 nitrogen and oxygen atoms in total. The number of hydrogen-bond acceptors (Lipinski definition) is 4. The average molecular weight is 400 g/mol. The highest BCUT2D eigenvalue weighted by Gasteiger charge is 2.22. The van der Waals surface area contributed by atoms with E-state index in [9.17, 15) is 8.42 Å². The van der Waals surface area contributed by atoms with Gasteiger partial charge in [0.1, 0.15) is 18.1 Å². The fourth-order valence-corrected chi connectivity index (χ4v) is 4.02. The van der Waals surface area contributed by atoms with Crippen LogP contribution in [-0.2, 0) is 10.0 Å². The molecule has 0 atom stereocenters. The van der Waals surface area contributed by atoms with Crippen molar-refractivity contribution in [2.45, 2.75) is 4.90 Å². The fourth-order valence-electron chi connectivity index (χ4n) is 1.91. The molecule has 0 saturated heterocycles. The number of methoxy groups -OCH3 is 1. The van der Waals surface area contributed by atoms with Crippen LogP contribution in [0.2, 0.25) is 0 Å². The van der Waals surface area contributed by atoms with Gasteiger partial charge in [0.2, 0.25) is 10.0 Å². The molecule has 0 amide bonds. The summed E-state index contributed by atoms with van der Waals surface area (Å²) in [7, 11) is -0.420. The average Bonchev–Trinajstić information content (AvgIpc) is 2.55. The molecule has 0 heterocycles. The third kappa shape index (κ3) is 4.46. The number of nitrogens with zero attached hydrogens (tertiary/aromatic N) is 1. The van der Waals surface area contributed by atoms with Crippen LogP contribution in [0.3, 0.4) is 0 Å². The first-order chi connectivity index (χ1) is 10.9. The van der Waals surface area contributed by atoms with E-state index in [4.69, 9.17) is 9.47 Å². The summed E-state index contributed by atoms with van der Waals surface area (Å²) >= 11 is 3.27. The summed E-state index contributed by atoms with van der Waals surface area (Å²) in [4.78, 5) is 0.243. The lowest BCUT2D eigenvalue weighted by Gasteiger charge is -2.18. The van der Waals surface area contributed by atoms with Crippen molar-refractivity contribution in [3.63, 3.8) is 0 Å². The van der Waals surface area contributed by atoms with Crippen LogP contribution < -0.4 is 9.47 Å². The lowest BCUT2D eigenvalue weighted by Crippen LogP contribution is -2.31.